The predicted octanol–water partition coefficient (Wildman–Crippen LogP) is 3.40. The second kappa shape index (κ2) is 4.68. The molecular weight excluding hydrogens is 286 g/mol. The molecule has 2 heterocycles. The molecule has 0 spiro atoms. The summed E-state index contributed by atoms with van der Waals surface area (Å²) in [7, 11) is 1.68. The van der Waals surface area contributed by atoms with Crippen LogP contribution < -0.4 is 0 Å². The van der Waals surface area contributed by atoms with Crippen molar-refractivity contribution in [2.24, 2.45) is 12.0 Å². The van der Waals surface area contributed by atoms with Crippen LogP contribution in [0.15, 0.2) is 29.3 Å². The van der Waals surface area contributed by atoms with Crippen LogP contribution in [0.4, 0.5) is 17.6 Å². The standard InChI is InChI=1S/C14H11F4N3/c1-21-12-3-2-9(14(16,17)18)5-11(12)20-13(21)8-4-10(15)7-19-6-8/h2-5,7,10H,6H2,1H3. The Bertz CT molecular complexity index is 755. The van der Waals surface area contributed by atoms with Crippen molar-refractivity contribution in [1.82, 2.24) is 9.55 Å². The number of benzene rings is 1. The summed E-state index contributed by atoms with van der Waals surface area (Å²) >= 11 is 0. The fraction of sp³-hybridized carbons (Fsp3) is 0.286. The molecular formula is C14H11F4N3. The van der Waals surface area contributed by atoms with E-state index in [1.165, 1.54) is 18.4 Å². The quantitative estimate of drug-likeness (QED) is 0.742. The Morgan fingerprint density at radius 2 is 2.05 bits per heavy atom. The van der Waals surface area contributed by atoms with Gasteiger partial charge in [-0.3, -0.25) is 4.99 Å². The molecule has 1 aliphatic heterocycles. The molecule has 0 N–H and O–H groups in total. The third kappa shape index (κ3) is 2.43. The topological polar surface area (TPSA) is 30.2 Å². The van der Waals surface area contributed by atoms with Gasteiger partial charge in [-0.2, -0.15) is 13.2 Å². The van der Waals surface area contributed by atoms with Crippen LogP contribution in [-0.4, -0.2) is 28.5 Å². The number of rotatable bonds is 1. The number of hydrogen-bond acceptors (Lipinski definition) is 2. The van der Waals surface area contributed by atoms with E-state index in [-0.39, 0.29) is 12.1 Å². The molecule has 7 heteroatoms. The molecule has 0 fully saturated rings. The van der Waals surface area contributed by atoms with Gasteiger partial charge in [0.1, 0.15) is 5.82 Å². The monoisotopic (exact) mass is 297 g/mol. The van der Waals surface area contributed by atoms with Crippen LogP contribution in [0.2, 0.25) is 0 Å². The molecule has 2 aromatic rings. The van der Waals surface area contributed by atoms with Crippen molar-refractivity contribution in [3.8, 4) is 0 Å². The van der Waals surface area contributed by atoms with E-state index in [0.29, 0.717) is 16.9 Å². The number of fused-ring (bicyclic) bond motifs is 1. The summed E-state index contributed by atoms with van der Waals surface area (Å²) in [5, 5.41) is 0. The molecule has 1 aliphatic rings. The molecule has 3 nitrogen and oxygen atoms in total. The lowest BCUT2D eigenvalue weighted by atomic mass is 10.1. The maximum Gasteiger partial charge on any atom is 0.416 e. The average Bonchev–Trinajstić information content (AvgIpc) is 2.75. The molecule has 0 bridgehead atoms. The minimum absolute atomic E-state index is 0.230. The first kappa shape index (κ1) is 13.8. The van der Waals surface area contributed by atoms with Gasteiger partial charge in [0.2, 0.25) is 0 Å². The number of hydrogen-bond donors (Lipinski definition) is 0. The first-order valence-electron chi connectivity index (χ1n) is 6.25. The molecule has 0 radical (unpaired) electrons. The number of aryl methyl sites for hydroxylation is 1. The maximum atomic E-state index is 13.3. The van der Waals surface area contributed by atoms with Crippen LogP contribution >= 0.6 is 0 Å². The Kier molecular flexibility index (Phi) is 3.07. The van der Waals surface area contributed by atoms with Gasteiger partial charge in [0.15, 0.2) is 6.17 Å². The zero-order chi connectivity index (χ0) is 15.2. The van der Waals surface area contributed by atoms with Crippen molar-refractivity contribution in [3.63, 3.8) is 0 Å². The van der Waals surface area contributed by atoms with Crippen molar-refractivity contribution in [2.75, 3.05) is 6.54 Å². The molecule has 0 saturated heterocycles. The van der Waals surface area contributed by atoms with Gasteiger partial charge >= 0.3 is 6.18 Å². The summed E-state index contributed by atoms with van der Waals surface area (Å²) in [4.78, 5) is 8.08. The zero-order valence-electron chi connectivity index (χ0n) is 11.0. The van der Waals surface area contributed by atoms with E-state index in [1.807, 2.05) is 0 Å². The molecule has 0 aliphatic carbocycles. The van der Waals surface area contributed by atoms with Crippen LogP contribution in [0, 0.1) is 0 Å². The minimum Gasteiger partial charge on any atom is -0.327 e. The highest BCUT2D eigenvalue weighted by atomic mass is 19.4. The molecule has 1 aromatic carbocycles. The number of aromatic nitrogens is 2. The van der Waals surface area contributed by atoms with Crippen LogP contribution in [0.25, 0.3) is 16.6 Å². The predicted molar refractivity (Wildman–Crippen MR) is 71.9 cm³/mol. The fourth-order valence-corrected chi connectivity index (χ4v) is 2.35. The van der Waals surface area contributed by atoms with Crippen LogP contribution in [0.5, 0.6) is 0 Å². The second-order valence-corrected chi connectivity index (χ2v) is 4.82. The summed E-state index contributed by atoms with van der Waals surface area (Å²) < 4.78 is 53.1. The Morgan fingerprint density at radius 3 is 2.71 bits per heavy atom. The Morgan fingerprint density at radius 1 is 1.29 bits per heavy atom. The van der Waals surface area contributed by atoms with Gasteiger partial charge in [0, 0.05) is 18.8 Å². The van der Waals surface area contributed by atoms with Crippen molar-refractivity contribution >= 4 is 22.8 Å². The number of alkyl halides is 4. The van der Waals surface area contributed by atoms with Gasteiger partial charge in [-0.25, -0.2) is 9.37 Å². The molecule has 21 heavy (non-hydrogen) atoms. The van der Waals surface area contributed by atoms with Gasteiger partial charge < -0.3 is 4.57 Å². The smallest absolute Gasteiger partial charge is 0.327 e. The highest BCUT2D eigenvalue weighted by Crippen LogP contribution is 2.32. The fourth-order valence-electron chi connectivity index (χ4n) is 2.35. The number of nitrogens with zero attached hydrogens (tertiary/aromatic N) is 3. The number of imidazole rings is 1. The lowest BCUT2D eigenvalue weighted by Gasteiger charge is -2.10. The minimum atomic E-state index is -4.41. The van der Waals surface area contributed by atoms with E-state index < -0.39 is 17.9 Å². The first-order valence-corrected chi connectivity index (χ1v) is 6.25. The Balaban J connectivity index is 2.12. The summed E-state index contributed by atoms with van der Waals surface area (Å²) in [5.41, 5.74) is 0.605. The molecule has 0 amide bonds. The lowest BCUT2D eigenvalue weighted by molar-refractivity contribution is -0.137. The van der Waals surface area contributed by atoms with E-state index in [4.69, 9.17) is 0 Å². The van der Waals surface area contributed by atoms with E-state index >= 15 is 0 Å². The number of aliphatic imine (C=N–C) groups is 1. The van der Waals surface area contributed by atoms with Crippen LogP contribution in [0.3, 0.4) is 0 Å². The van der Waals surface area contributed by atoms with Crippen molar-refractivity contribution < 1.29 is 17.6 Å². The molecule has 1 unspecified atom stereocenters. The molecule has 110 valence electrons. The second-order valence-electron chi connectivity index (χ2n) is 4.82. The summed E-state index contributed by atoms with van der Waals surface area (Å²) in [6, 6.07) is 3.38. The van der Waals surface area contributed by atoms with Gasteiger partial charge in [-0.05, 0) is 24.3 Å². The van der Waals surface area contributed by atoms with E-state index in [1.54, 1.807) is 11.6 Å². The molecule has 0 saturated carbocycles. The largest absolute Gasteiger partial charge is 0.416 e. The third-order valence-electron chi connectivity index (χ3n) is 3.37. The summed E-state index contributed by atoms with van der Waals surface area (Å²) in [5.74, 6) is 0.434. The number of dihydropyridines is 1. The van der Waals surface area contributed by atoms with Crippen molar-refractivity contribution in [2.45, 2.75) is 12.3 Å². The van der Waals surface area contributed by atoms with Crippen molar-refractivity contribution in [1.29, 1.82) is 0 Å². The van der Waals surface area contributed by atoms with Crippen molar-refractivity contribution in [3.05, 3.63) is 35.7 Å². The summed E-state index contributed by atoms with van der Waals surface area (Å²) in [6.07, 6.45) is -3.14. The highest BCUT2D eigenvalue weighted by Gasteiger charge is 2.31. The van der Waals surface area contributed by atoms with E-state index in [0.717, 1.165) is 12.1 Å². The summed E-state index contributed by atoms with van der Waals surface area (Å²) in [6.45, 7) is 0.268. The zero-order valence-corrected chi connectivity index (χ0v) is 11.0. The number of halogens is 4. The average molecular weight is 297 g/mol. The normalized spacial score (nSPS) is 19.1. The Hall–Kier alpha value is -2.18. The van der Waals surface area contributed by atoms with Gasteiger partial charge in [0.05, 0.1) is 23.1 Å². The van der Waals surface area contributed by atoms with Gasteiger partial charge in [-0.1, -0.05) is 0 Å². The molecule has 3 rings (SSSR count). The van der Waals surface area contributed by atoms with E-state index in [2.05, 4.69) is 9.98 Å². The SMILES string of the molecule is Cn1c(C2=CC(F)C=NC2)nc2cc(C(F)(F)F)ccc21. The maximum absolute atomic E-state index is 13.3. The van der Waals surface area contributed by atoms with Crippen LogP contribution in [-0.2, 0) is 13.2 Å². The number of allylic oxidation sites excluding steroid dienone is 1. The van der Waals surface area contributed by atoms with Gasteiger partial charge in [0.25, 0.3) is 0 Å². The van der Waals surface area contributed by atoms with Crippen LogP contribution in [0.1, 0.15) is 11.4 Å². The first-order chi connectivity index (χ1) is 9.86. The van der Waals surface area contributed by atoms with E-state index in [9.17, 15) is 17.6 Å². The third-order valence-corrected chi connectivity index (χ3v) is 3.37. The molecule has 1 aromatic heterocycles. The molecule has 1 atom stereocenters. The Labute approximate surface area is 117 Å². The van der Waals surface area contributed by atoms with Gasteiger partial charge in [-0.15, -0.1) is 0 Å². The highest BCUT2D eigenvalue weighted by molar-refractivity contribution is 5.83. The lowest BCUT2D eigenvalue weighted by Crippen LogP contribution is -2.09.